The molecule has 0 bridgehead atoms. The lowest BCUT2D eigenvalue weighted by atomic mass is 10.1. The van der Waals surface area contributed by atoms with Gasteiger partial charge in [-0.1, -0.05) is 13.8 Å². The first-order valence-corrected chi connectivity index (χ1v) is 10.5. The van der Waals surface area contributed by atoms with E-state index in [4.69, 9.17) is 9.47 Å². The summed E-state index contributed by atoms with van der Waals surface area (Å²) in [5.74, 6) is -2.00. The maximum absolute atomic E-state index is 14.3. The van der Waals surface area contributed by atoms with Crippen molar-refractivity contribution in [2.75, 3.05) is 32.6 Å². The maximum atomic E-state index is 14.3. The van der Waals surface area contributed by atoms with Crippen molar-refractivity contribution in [1.29, 1.82) is 0 Å². The van der Waals surface area contributed by atoms with E-state index in [0.717, 1.165) is 22.5 Å². The quantitative estimate of drug-likeness (QED) is 0.636. The van der Waals surface area contributed by atoms with Crippen molar-refractivity contribution >= 4 is 27.6 Å². The summed E-state index contributed by atoms with van der Waals surface area (Å²) in [5, 5.41) is 2.52. The van der Waals surface area contributed by atoms with Gasteiger partial charge in [-0.25, -0.2) is 17.6 Å². The molecule has 0 aliphatic rings. The molecule has 2 rings (SSSR count). The zero-order valence-corrected chi connectivity index (χ0v) is 17.9. The molecule has 0 spiro atoms. The predicted octanol–water partition coefficient (Wildman–Crippen LogP) is 2.90. The van der Waals surface area contributed by atoms with Crippen LogP contribution in [-0.2, 0) is 14.8 Å². The largest absolute Gasteiger partial charge is 0.497 e. The number of carbonyl (C=O) groups is 2. The summed E-state index contributed by atoms with van der Waals surface area (Å²) < 4.78 is 50.5. The van der Waals surface area contributed by atoms with Crippen molar-refractivity contribution in [2.45, 2.75) is 18.7 Å². The number of methoxy groups -OCH3 is 2. The lowest BCUT2D eigenvalue weighted by Gasteiger charge is -2.19. The van der Waals surface area contributed by atoms with Crippen molar-refractivity contribution in [1.82, 2.24) is 4.31 Å². The number of anilines is 1. The summed E-state index contributed by atoms with van der Waals surface area (Å²) in [6.07, 6.45) is 0. The van der Waals surface area contributed by atoms with Gasteiger partial charge in [-0.15, -0.1) is 0 Å². The molecule has 0 aliphatic heterocycles. The Hall–Kier alpha value is -2.98. The Bertz CT molecular complexity index is 1050. The van der Waals surface area contributed by atoms with Crippen LogP contribution in [-0.4, -0.2) is 51.9 Å². The van der Waals surface area contributed by atoms with E-state index in [1.165, 1.54) is 32.4 Å². The normalized spacial score (nSPS) is 11.3. The van der Waals surface area contributed by atoms with E-state index in [0.29, 0.717) is 5.75 Å². The second kappa shape index (κ2) is 9.68. The molecule has 0 saturated heterocycles. The fourth-order valence-corrected chi connectivity index (χ4v) is 4.33. The third-order valence-electron chi connectivity index (χ3n) is 4.40. The number of esters is 1. The minimum atomic E-state index is -4.11. The minimum Gasteiger partial charge on any atom is -0.497 e. The van der Waals surface area contributed by atoms with Gasteiger partial charge in [-0.05, 0) is 36.4 Å². The first-order valence-electron chi connectivity index (χ1n) is 9.06. The van der Waals surface area contributed by atoms with E-state index >= 15 is 0 Å². The van der Waals surface area contributed by atoms with Crippen molar-refractivity contribution in [2.24, 2.45) is 0 Å². The van der Waals surface area contributed by atoms with Crippen molar-refractivity contribution < 1.29 is 31.9 Å². The SMILES string of the molecule is CCN(CC)S(=O)(=O)c1cc(C(=O)Nc2ccc(OC)cc2C(=O)OC)ccc1F. The molecule has 0 atom stereocenters. The molecule has 0 aliphatic carbocycles. The molecule has 162 valence electrons. The molecule has 0 saturated carbocycles. The van der Waals surface area contributed by atoms with Gasteiger partial charge in [0.2, 0.25) is 10.0 Å². The second-order valence-corrected chi connectivity index (χ2v) is 8.00. The van der Waals surface area contributed by atoms with E-state index in [-0.39, 0.29) is 29.9 Å². The zero-order valence-electron chi connectivity index (χ0n) is 17.1. The number of hydrogen-bond acceptors (Lipinski definition) is 6. The number of nitrogens with zero attached hydrogens (tertiary/aromatic N) is 1. The highest BCUT2D eigenvalue weighted by molar-refractivity contribution is 7.89. The van der Waals surface area contributed by atoms with Crippen LogP contribution in [0.1, 0.15) is 34.6 Å². The minimum absolute atomic E-state index is 0.0447. The molecule has 8 nitrogen and oxygen atoms in total. The number of sulfonamides is 1. The molecule has 2 aromatic carbocycles. The molecule has 1 N–H and O–H groups in total. The van der Waals surface area contributed by atoms with E-state index in [1.54, 1.807) is 13.8 Å². The number of ether oxygens (including phenoxy) is 2. The summed E-state index contributed by atoms with van der Waals surface area (Å²) in [7, 11) is -1.49. The van der Waals surface area contributed by atoms with E-state index in [1.807, 2.05) is 0 Å². The standard InChI is InChI=1S/C20H23FN2O6S/c1-5-23(6-2)30(26,27)18-11-13(7-9-16(18)21)19(24)22-17-10-8-14(28-3)12-15(17)20(25)29-4/h7-12H,5-6H2,1-4H3,(H,22,24). The highest BCUT2D eigenvalue weighted by Crippen LogP contribution is 2.25. The average molecular weight is 438 g/mol. The molecule has 0 unspecified atom stereocenters. The van der Waals surface area contributed by atoms with Gasteiger partial charge in [0, 0.05) is 18.7 Å². The number of benzene rings is 2. The Morgan fingerprint density at radius 1 is 1.07 bits per heavy atom. The Morgan fingerprint density at radius 3 is 2.30 bits per heavy atom. The molecule has 0 aromatic heterocycles. The number of halogens is 1. The van der Waals surface area contributed by atoms with Gasteiger partial charge in [-0.3, -0.25) is 4.79 Å². The molecule has 2 aromatic rings. The summed E-state index contributed by atoms with van der Waals surface area (Å²) in [5.41, 5.74) is 0.0854. The molecule has 0 heterocycles. The summed E-state index contributed by atoms with van der Waals surface area (Å²) in [4.78, 5) is 24.1. The average Bonchev–Trinajstić information content (AvgIpc) is 2.74. The number of carbonyl (C=O) groups excluding carboxylic acids is 2. The second-order valence-electron chi connectivity index (χ2n) is 6.09. The van der Waals surface area contributed by atoms with Gasteiger partial charge in [-0.2, -0.15) is 4.31 Å². The monoisotopic (exact) mass is 438 g/mol. The maximum Gasteiger partial charge on any atom is 0.340 e. The molecule has 0 fully saturated rings. The van der Waals surface area contributed by atoms with Gasteiger partial charge in [0.15, 0.2) is 0 Å². The molecule has 30 heavy (non-hydrogen) atoms. The lowest BCUT2D eigenvalue weighted by Crippen LogP contribution is -2.31. The number of amides is 1. The third-order valence-corrected chi connectivity index (χ3v) is 6.46. The fraction of sp³-hybridized carbons (Fsp3) is 0.300. The van der Waals surface area contributed by atoms with Gasteiger partial charge < -0.3 is 14.8 Å². The van der Waals surface area contributed by atoms with E-state index in [9.17, 15) is 22.4 Å². The van der Waals surface area contributed by atoms with Gasteiger partial charge in [0.25, 0.3) is 5.91 Å². The van der Waals surface area contributed by atoms with Crippen LogP contribution < -0.4 is 10.1 Å². The van der Waals surface area contributed by atoms with Crippen LogP contribution >= 0.6 is 0 Å². The molecule has 0 radical (unpaired) electrons. The lowest BCUT2D eigenvalue weighted by molar-refractivity contribution is 0.0601. The van der Waals surface area contributed by atoms with Crippen LogP contribution in [0.25, 0.3) is 0 Å². The highest BCUT2D eigenvalue weighted by atomic mass is 32.2. The number of rotatable bonds is 8. The van der Waals surface area contributed by atoms with E-state index < -0.39 is 32.6 Å². The van der Waals surface area contributed by atoms with Crippen LogP contribution in [0.15, 0.2) is 41.3 Å². The number of hydrogen-bond donors (Lipinski definition) is 1. The van der Waals surface area contributed by atoms with Crippen molar-refractivity contribution in [3.05, 3.63) is 53.3 Å². The first-order chi connectivity index (χ1) is 14.2. The topological polar surface area (TPSA) is 102 Å². The predicted molar refractivity (Wildman–Crippen MR) is 109 cm³/mol. The van der Waals surface area contributed by atoms with Crippen LogP contribution in [0.3, 0.4) is 0 Å². The van der Waals surface area contributed by atoms with Crippen LogP contribution in [0.5, 0.6) is 5.75 Å². The number of nitrogens with one attached hydrogen (secondary N) is 1. The Morgan fingerprint density at radius 2 is 1.73 bits per heavy atom. The zero-order chi connectivity index (χ0) is 22.5. The smallest absolute Gasteiger partial charge is 0.340 e. The Balaban J connectivity index is 2.43. The molecular weight excluding hydrogens is 415 g/mol. The van der Waals surface area contributed by atoms with Crippen LogP contribution in [0, 0.1) is 5.82 Å². The van der Waals surface area contributed by atoms with Gasteiger partial charge >= 0.3 is 5.97 Å². The molecule has 10 heteroatoms. The Kier molecular flexibility index (Phi) is 7.52. The third kappa shape index (κ3) is 4.77. The summed E-state index contributed by atoms with van der Waals surface area (Å²) in [6, 6.07) is 7.42. The Labute approximate surface area is 174 Å². The molecular formula is C20H23FN2O6S. The fourth-order valence-electron chi connectivity index (χ4n) is 2.78. The van der Waals surface area contributed by atoms with Crippen LogP contribution in [0.2, 0.25) is 0 Å². The van der Waals surface area contributed by atoms with Crippen LogP contribution in [0.4, 0.5) is 10.1 Å². The van der Waals surface area contributed by atoms with Gasteiger partial charge in [0.1, 0.15) is 16.5 Å². The van der Waals surface area contributed by atoms with E-state index in [2.05, 4.69) is 5.32 Å². The molecule has 1 amide bonds. The van der Waals surface area contributed by atoms with Crippen molar-refractivity contribution in [3.8, 4) is 5.75 Å². The highest BCUT2D eigenvalue weighted by Gasteiger charge is 2.26. The van der Waals surface area contributed by atoms with Crippen molar-refractivity contribution in [3.63, 3.8) is 0 Å². The van der Waals surface area contributed by atoms with Gasteiger partial charge in [0.05, 0.1) is 25.5 Å². The summed E-state index contributed by atoms with van der Waals surface area (Å²) in [6.45, 7) is 3.58. The first kappa shape index (κ1) is 23.3. The summed E-state index contributed by atoms with van der Waals surface area (Å²) >= 11 is 0.